The lowest BCUT2D eigenvalue weighted by Gasteiger charge is -2.11. The Morgan fingerprint density at radius 1 is 0.971 bits per heavy atom. The number of ether oxygens (including phenoxy) is 2. The van der Waals surface area contributed by atoms with Gasteiger partial charge in [-0.1, -0.05) is 36.0 Å². The molecule has 5 aromatic rings. The Morgan fingerprint density at radius 3 is 2.71 bits per heavy atom. The average molecular weight is 470 g/mol. The molecule has 168 valence electrons. The summed E-state index contributed by atoms with van der Waals surface area (Å²) in [6.07, 6.45) is 1.80. The fraction of sp³-hybridized carbons (Fsp3) is 0.120. The topological polar surface area (TPSA) is 83.5 Å². The second-order valence-corrected chi connectivity index (χ2v) is 8.80. The predicted octanol–water partition coefficient (Wildman–Crippen LogP) is 4.27. The molecule has 0 N–H and O–H groups in total. The Morgan fingerprint density at radius 2 is 1.82 bits per heavy atom. The first-order chi connectivity index (χ1) is 16.7. The molecule has 0 unspecified atom stereocenters. The number of pyridine rings is 1. The van der Waals surface area contributed by atoms with E-state index in [4.69, 9.17) is 9.47 Å². The first-order valence-corrected chi connectivity index (χ1v) is 11.7. The number of benzene rings is 2. The molecule has 6 rings (SSSR count). The van der Waals surface area contributed by atoms with Crippen LogP contribution in [0.25, 0.3) is 22.7 Å². The third kappa shape index (κ3) is 3.69. The van der Waals surface area contributed by atoms with E-state index in [-0.39, 0.29) is 12.4 Å². The van der Waals surface area contributed by atoms with Gasteiger partial charge in [0.2, 0.25) is 6.79 Å². The Kier molecular flexibility index (Phi) is 5.03. The van der Waals surface area contributed by atoms with Crippen LogP contribution in [0, 0.1) is 6.92 Å². The number of hydrogen-bond acceptors (Lipinski definition) is 7. The van der Waals surface area contributed by atoms with Crippen LogP contribution in [-0.2, 0) is 5.75 Å². The van der Waals surface area contributed by atoms with Crippen LogP contribution in [-0.4, -0.2) is 30.9 Å². The molecular formula is C25H19N5O3S. The van der Waals surface area contributed by atoms with Gasteiger partial charge in [-0.15, -0.1) is 10.2 Å². The van der Waals surface area contributed by atoms with Gasteiger partial charge in [0.15, 0.2) is 22.5 Å². The molecular weight excluding hydrogens is 450 g/mol. The van der Waals surface area contributed by atoms with Crippen molar-refractivity contribution in [3.05, 3.63) is 94.5 Å². The lowest BCUT2D eigenvalue weighted by molar-refractivity contribution is 0.174. The molecule has 8 nitrogen and oxygen atoms in total. The molecule has 1 aliphatic rings. The number of nitrogens with zero attached hydrogens (tertiary/aromatic N) is 5. The van der Waals surface area contributed by atoms with Gasteiger partial charge >= 0.3 is 0 Å². The minimum atomic E-state index is -0.102. The van der Waals surface area contributed by atoms with Gasteiger partial charge in [0, 0.05) is 29.3 Å². The average Bonchev–Trinajstić information content (AvgIpc) is 3.50. The van der Waals surface area contributed by atoms with Crippen molar-refractivity contribution in [2.45, 2.75) is 17.8 Å². The number of hydrogen-bond donors (Lipinski definition) is 0. The SMILES string of the molecule is Cc1ccc2nc(CSc3nnc(-c4ccc5c(c4)OCO5)n3-c3ccccc3)cc(=O)n2c1. The van der Waals surface area contributed by atoms with Crippen molar-refractivity contribution in [3.8, 4) is 28.6 Å². The van der Waals surface area contributed by atoms with Crippen molar-refractivity contribution in [3.63, 3.8) is 0 Å². The van der Waals surface area contributed by atoms with E-state index in [0.29, 0.717) is 39.6 Å². The van der Waals surface area contributed by atoms with Crippen LogP contribution in [0.3, 0.4) is 0 Å². The minimum absolute atomic E-state index is 0.102. The molecule has 9 heteroatoms. The molecule has 0 bridgehead atoms. The number of aromatic nitrogens is 5. The molecule has 0 radical (unpaired) electrons. The molecule has 0 saturated carbocycles. The van der Waals surface area contributed by atoms with Gasteiger partial charge in [0.25, 0.3) is 5.56 Å². The summed E-state index contributed by atoms with van der Waals surface area (Å²) < 4.78 is 14.6. The van der Waals surface area contributed by atoms with Crippen LogP contribution >= 0.6 is 11.8 Å². The summed E-state index contributed by atoms with van der Waals surface area (Å²) in [6.45, 7) is 2.16. The van der Waals surface area contributed by atoms with E-state index in [1.807, 2.05) is 72.2 Å². The molecule has 0 saturated heterocycles. The van der Waals surface area contributed by atoms with E-state index in [9.17, 15) is 4.79 Å². The number of rotatable bonds is 5. The zero-order valence-corrected chi connectivity index (χ0v) is 19.0. The van der Waals surface area contributed by atoms with Crippen molar-refractivity contribution >= 4 is 17.4 Å². The molecule has 0 aliphatic carbocycles. The minimum Gasteiger partial charge on any atom is -0.454 e. The molecule has 0 amide bonds. The van der Waals surface area contributed by atoms with E-state index in [2.05, 4.69) is 15.2 Å². The summed E-state index contributed by atoms with van der Waals surface area (Å²) in [5, 5.41) is 9.65. The smallest absolute Gasteiger partial charge is 0.258 e. The Hall–Kier alpha value is -4.11. The molecule has 4 heterocycles. The molecule has 0 fully saturated rings. The molecule has 0 atom stereocenters. The van der Waals surface area contributed by atoms with Gasteiger partial charge in [-0.2, -0.15) is 0 Å². The molecule has 34 heavy (non-hydrogen) atoms. The van der Waals surface area contributed by atoms with Gasteiger partial charge < -0.3 is 9.47 Å². The number of aryl methyl sites for hydroxylation is 1. The van der Waals surface area contributed by atoms with E-state index < -0.39 is 0 Å². The van der Waals surface area contributed by atoms with Crippen LogP contribution in [0.1, 0.15) is 11.3 Å². The largest absolute Gasteiger partial charge is 0.454 e. The summed E-state index contributed by atoms with van der Waals surface area (Å²) in [6, 6.07) is 21.0. The summed E-state index contributed by atoms with van der Waals surface area (Å²) in [7, 11) is 0. The summed E-state index contributed by atoms with van der Waals surface area (Å²) in [4.78, 5) is 17.2. The van der Waals surface area contributed by atoms with Crippen LogP contribution in [0.4, 0.5) is 0 Å². The van der Waals surface area contributed by atoms with Crippen molar-refractivity contribution < 1.29 is 9.47 Å². The number of fused-ring (bicyclic) bond motifs is 2. The van der Waals surface area contributed by atoms with Crippen molar-refractivity contribution in [2.75, 3.05) is 6.79 Å². The molecule has 1 aliphatic heterocycles. The van der Waals surface area contributed by atoms with E-state index in [1.54, 1.807) is 16.7 Å². The van der Waals surface area contributed by atoms with Gasteiger partial charge in [-0.3, -0.25) is 13.8 Å². The summed E-state index contributed by atoms with van der Waals surface area (Å²) >= 11 is 1.48. The maximum absolute atomic E-state index is 12.6. The fourth-order valence-corrected chi connectivity index (χ4v) is 4.71. The normalized spacial score (nSPS) is 12.4. The Balaban J connectivity index is 1.37. The second kappa shape index (κ2) is 8.35. The van der Waals surface area contributed by atoms with Crippen molar-refractivity contribution in [1.29, 1.82) is 0 Å². The highest BCUT2D eigenvalue weighted by atomic mass is 32.2. The van der Waals surface area contributed by atoms with Crippen molar-refractivity contribution in [1.82, 2.24) is 24.1 Å². The van der Waals surface area contributed by atoms with Crippen LogP contribution in [0.15, 0.2) is 82.9 Å². The third-order valence-corrected chi connectivity index (χ3v) is 6.45. The highest BCUT2D eigenvalue weighted by Crippen LogP contribution is 2.37. The maximum atomic E-state index is 12.6. The number of para-hydroxylation sites is 1. The zero-order chi connectivity index (χ0) is 23.1. The monoisotopic (exact) mass is 469 g/mol. The maximum Gasteiger partial charge on any atom is 0.258 e. The Bertz CT molecular complexity index is 1580. The third-order valence-electron chi connectivity index (χ3n) is 5.49. The van der Waals surface area contributed by atoms with Crippen LogP contribution in [0.5, 0.6) is 11.5 Å². The van der Waals surface area contributed by atoms with Gasteiger partial charge in [0.1, 0.15) is 5.65 Å². The first kappa shape index (κ1) is 20.5. The highest BCUT2D eigenvalue weighted by molar-refractivity contribution is 7.98. The fourth-order valence-electron chi connectivity index (χ4n) is 3.87. The summed E-state index contributed by atoms with van der Waals surface area (Å²) in [5.41, 5.74) is 4.01. The number of thioether (sulfide) groups is 1. The first-order valence-electron chi connectivity index (χ1n) is 10.7. The van der Waals surface area contributed by atoms with Crippen LogP contribution < -0.4 is 15.0 Å². The quantitative estimate of drug-likeness (QED) is 0.356. The summed E-state index contributed by atoms with van der Waals surface area (Å²) in [5.74, 6) is 2.57. The van der Waals surface area contributed by atoms with Gasteiger partial charge in [-0.25, -0.2) is 4.98 Å². The molecule has 2 aromatic carbocycles. The predicted molar refractivity (Wildman–Crippen MR) is 129 cm³/mol. The van der Waals surface area contributed by atoms with E-state index >= 15 is 0 Å². The van der Waals surface area contributed by atoms with Crippen molar-refractivity contribution in [2.24, 2.45) is 0 Å². The highest BCUT2D eigenvalue weighted by Gasteiger charge is 2.20. The zero-order valence-electron chi connectivity index (χ0n) is 18.2. The van der Waals surface area contributed by atoms with E-state index in [0.717, 1.165) is 16.8 Å². The van der Waals surface area contributed by atoms with Gasteiger partial charge in [0.05, 0.1) is 5.69 Å². The van der Waals surface area contributed by atoms with E-state index in [1.165, 1.54) is 11.8 Å². The van der Waals surface area contributed by atoms with Gasteiger partial charge in [-0.05, 0) is 48.9 Å². The standard InChI is InChI=1S/C25H19N5O3S/c1-16-7-10-22-26-18(12-23(31)29(22)13-16)14-34-25-28-27-24(30(25)19-5-3-2-4-6-19)17-8-9-20-21(11-17)33-15-32-20/h2-13H,14-15H2,1H3. The lowest BCUT2D eigenvalue weighted by Crippen LogP contribution is -2.15. The van der Waals surface area contributed by atoms with Crippen LogP contribution in [0.2, 0.25) is 0 Å². The second-order valence-electron chi connectivity index (χ2n) is 7.85. The Labute approximate surface area is 198 Å². The molecule has 3 aromatic heterocycles. The molecule has 0 spiro atoms. The lowest BCUT2D eigenvalue weighted by atomic mass is 10.2.